The van der Waals surface area contributed by atoms with E-state index >= 15 is 0 Å². The van der Waals surface area contributed by atoms with Gasteiger partial charge < -0.3 is 0 Å². The average Bonchev–Trinajstić information content (AvgIpc) is 3.28. The van der Waals surface area contributed by atoms with Gasteiger partial charge in [0.1, 0.15) is 5.69 Å². The molecule has 25 heavy (non-hydrogen) atoms. The fourth-order valence-corrected chi connectivity index (χ4v) is 4.04. The largest absolute Gasteiger partial charge is 0.298 e. The van der Waals surface area contributed by atoms with Gasteiger partial charge in [-0.15, -0.1) is 11.3 Å². The lowest BCUT2D eigenvalue weighted by molar-refractivity contribution is 0.102. The van der Waals surface area contributed by atoms with E-state index in [1.165, 1.54) is 4.88 Å². The Hall–Kier alpha value is -2.51. The Morgan fingerprint density at radius 2 is 2.16 bits per heavy atom. The molecule has 0 fully saturated rings. The van der Waals surface area contributed by atoms with Crippen LogP contribution in [0.1, 0.15) is 28.0 Å². The fraction of sp³-hybridized carbons (Fsp3) is 0.278. The summed E-state index contributed by atoms with van der Waals surface area (Å²) >= 11 is 1.57. The molecule has 0 unspecified atom stereocenters. The summed E-state index contributed by atoms with van der Waals surface area (Å²) in [5.74, 6) is -0.195. The number of nitrogens with one attached hydrogen (secondary N) is 1. The van der Waals surface area contributed by atoms with E-state index in [0.717, 1.165) is 37.4 Å². The first-order valence-corrected chi connectivity index (χ1v) is 9.16. The van der Waals surface area contributed by atoms with Gasteiger partial charge in [0.2, 0.25) is 0 Å². The van der Waals surface area contributed by atoms with Gasteiger partial charge in [-0.2, -0.15) is 0 Å². The van der Waals surface area contributed by atoms with Gasteiger partial charge >= 0.3 is 0 Å². The van der Waals surface area contributed by atoms with Crippen molar-refractivity contribution in [2.75, 3.05) is 18.4 Å². The Morgan fingerprint density at radius 3 is 2.96 bits per heavy atom. The molecule has 0 saturated heterocycles. The Balaban J connectivity index is 1.54. The molecule has 1 N–H and O–H groups in total. The lowest BCUT2D eigenvalue weighted by Crippen LogP contribution is -2.29. The van der Waals surface area contributed by atoms with Crippen LogP contribution in [0.3, 0.4) is 0 Å². The summed E-state index contributed by atoms with van der Waals surface area (Å²) in [7, 11) is 0. The number of carbonyl (C=O) groups excluding carboxylic acids is 1. The van der Waals surface area contributed by atoms with Crippen molar-refractivity contribution in [2.45, 2.75) is 19.9 Å². The Bertz CT molecular complexity index is 886. The molecule has 6 nitrogen and oxygen atoms in total. The smallest absolute Gasteiger partial charge is 0.276 e. The Kier molecular flexibility index (Phi) is 4.33. The van der Waals surface area contributed by atoms with Gasteiger partial charge in [0.05, 0.1) is 18.2 Å². The predicted molar refractivity (Wildman–Crippen MR) is 98.3 cm³/mol. The minimum absolute atomic E-state index is 0.195. The molecule has 1 amide bonds. The van der Waals surface area contributed by atoms with Gasteiger partial charge in [0.15, 0.2) is 5.13 Å². The molecule has 3 aromatic rings. The highest BCUT2D eigenvalue weighted by Gasteiger charge is 2.21. The van der Waals surface area contributed by atoms with Gasteiger partial charge in [-0.3, -0.25) is 19.6 Å². The topological polar surface area (TPSA) is 63.1 Å². The number of likely N-dealkylation sites (N-methyl/N-ethyl adjacent to an activating group) is 1. The Labute approximate surface area is 150 Å². The standard InChI is InChI=1S/C18H19N5OS/c1-2-22-9-8-14-16(11-22)25-18(20-14)21-17(24)15-10-19-12-23(15)13-6-4-3-5-7-13/h3-7,10,12H,2,8-9,11H2,1H3,(H,20,21,24). The molecular weight excluding hydrogens is 334 g/mol. The van der Waals surface area contributed by atoms with E-state index in [4.69, 9.17) is 0 Å². The number of thiazole rings is 1. The van der Waals surface area contributed by atoms with E-state index in [1.54, 1.807) is 28.4 Å². The third-order valence-electron chi connectivity index (χ3n) is 4.38. The molecule has 1 aromatic carbocycles. The van der Waals surface area contributed by atoms with Crippen molar-refractivity contribution < 1.29 is 4.79 Å². The highest BCUT2D eigenvalue weighted by atomic mass is 32.1. The number of benzene rings is 1. The van der Waals surface area contributed by atoms with E-state index in [9.17, 15) is 4.79 Å². The highest BCUT2D eigenvalue weighted by molar-refractivity contribution is 7.15. The number of para-hydroxylation sites is 1. The summed E-state index contributed by atoms with van der Waals surface area (Å²) in [4.78, 5) is 25.1. The molecule has 1 aliphatic rings. The molecule has 128 valence electrons. The number of anilines is 1. The molecule has 2 aromatic heterocycles. The van der Waals surface area contributed by atoms with Crippen LogP contribution in [-0.4, -0.2) is 38.4 Å². The van der Waals surface area contributed by atoms with Crippen molar-refractivity contribution >= 4 is 22.4 Å². The van der Waals surface area contributed by atoms with Crippen molar-refractivity contribution in [1.82, 2.24) is 19.4 Å². The van der Waals surface area contributed by atoms with Crippen molar-refractivity contribution in [3.63, 3.8) is 0 Å². The van der Waals surface area contributed by atoms with Crippen LogP contribution in [0, 0.1) is 0 Å². The fourth-order valence-electron chi connectivity index (χ4n) is 2.99. The summed E-state index contributed by atoms with van der Waals surface area (Å²) in [6.07, 6.45) is 4.17. The highest BCUT2D eigenvalue weighted by Crippen LogP contribution is 2.28. The van der Waals surface area contributed by atoms with Crippen LogP contribution in [0.2, 0.25) is 0 Å². The summed E-state index contributed by atoms with van der Waals surface area (Å²) in [5, 5.41) is 3.59. The minimum Gasteiger partial charge on any atom is -0.298 e. The molecule has 0 atom stereocenters. The van der Waals surface area contributed by atoms with Crippen LogP contribution < -0.4 is 5.32 Å². The monoisotopic (exact) mass is 353 g/mol. The third kappa shape index (κ3) is 3.20. The van der Waals surface area contributed by atoms with Crippen LogP contribution in [0.25, 0.3) is 5.69 Å². The first kappa shape index (κ1) is 16.0. The zero-order valence-corrected chi connectivity index (χ0v) is 14.8. The summed E-state index contributed by atoms with van der Waals surface area (Å²) in [6.45, 7) is 5.15. The number of carbonyl (C=O) groups is 1. The summed E-state index contributed by atoms with van der Waals surface area (Å²) in [6, 6.07) is 9.70. The van der Waals surface area contributed by atoms with Gasteiger partial charge in [-0.05, 0) is 18.7 Å². The molecule has 0 spiro atoms. The van der Waals surface area contributed by atoms with Crippen LogP contribution >= 0.6 is 11.3 Å². The van der Waals surface area contributed by atoms with Gasteiger partial charge in [-0.1, -0.05) is 25.1 Å². The number of aromatic nitrogens is 3. The lowest BCUT2D eigenvalue weighted by Gasteiger charge is -2.23. The maximum absolute atomic E-state index is 12.7. The molecule has 3 heterocycles. The molecular formula is C18H19N5OS. The molecule has 4 rings (SSSR count). The van der Waals surface area contributed by atoms with Crippen LogP contribution in [0.4, 0.5) is 5.13 Å². The van der Waals surface area contributed by atoms with Gasteiger partial charge in [-0.25, -0.2) is 9.97 Å². The number of fused-ring (bicyclic) bond motifs is 1. The lowest BCUT2D eigenvalue weighted by atomic mass is 10.2. The van der Waals surface area contributed by atoms with Crippen LogP contribution in [0.15, 0.2) is 42.9 Å². The van der Waals surface area contributed by atoms with E-state index in [1.807, 2.05) is 30.3 Å². The quantitative estimate of drug-likeness (QED) is 0.783. The number of imidazole rings is 1. The van der Waals surface area contributed by atoms with E-state index in [-0.39, 0.29) is 5.91 Å². The van der Waals surface area contributed by atoms with Gasteiger partial charge in [0.25, 0.3) is 5.91 Å². The molecule has 0 radical (unpaired) electrons. The van der Waals surface area contributed by atoms with E-state index in [0.29, 0.717) is 10.8 Å². The number of rotatable bonds is 4. The first-order chi connectivity index (χ1) is 12.2. The summed E-state index contributed by atoms with van der Waals surface area (Å²) < 4.78 is 1.78. The normalized spacial score (nSPS) is 14.3. The van der Waals surface area contributed by atoms with E-state index in [2.05, 4.69) is 27.1 Å². The second kappa shape index (κ2) is 6.78. The second-order valence-electron chi connectivity index (χ2n) is 5.95. The van der Waals surface area contributed by atoms with Gasteiger partial charge in [0, 0.05) is 30.1 Å². The van der Waals surface area contributed by atoms with Crippen molar-refractivity contribution in [2.24, 2.45) is 0 Å². The third-order valence-corrected chi connectivity index (χ3v) is 5.38. The Morgan fingerprint density at radius 1 is 1.32 bits per heavy atom. The van der Waals surface area contributed by atoms with Crippen molar-refractivity contribution in [3.05, 3.63) is 59.1 Å². The SMILES string of the molecule is CCN1CCc2nc(NC(=O)c3cncn3-c3ccccc3)sc2C1. The first-order valence-electron chi connectivity index (χ1n) is 8.34. The van der Waals surface area contributed by atoms with Crippen molar-refractivity contribution in [3.8, 4) is 5.69 Å². The second-order valence-corrected chi connectivity index (χ2v) is 7.03. The molecule has 7 heteroatoms. The van der Waals surface area contributed by atoms with E-state index < -0.39 is 0 Å². The number of hydrogen-bond acceptors (Lipinski definition) is 5. The van der Waals surface area contributed by atoms with Crippen molar-refractivity contribution in [1.29, 1.82) is 0 Å². The maximum atomic E-state index is 12.7. The maximum Gasteiger partial charge on any atom is 0.276 e. The molecule has 0 bridgehead atoms. The zero-order chi connectivity index (χ0) is 17.2. The molecule has 0 saturated carbocycles. The zero-order valence-electron chi connectivity index (χ0n) is 14.0. The van der Waals surface area contributed by atoms with Crippen LogP contribution in [0.5, 0.6) is 0 Å². The molecule has 0 aliphatic carbocycles. The predicted octanol–water partition coefficient (Wildman–Crippen LogP) is 2.96. The summed E-state index contributed by atoms with van der Waals surface area (Å²) in [5.41, 5.74) is 2.51. The number of hydrogen-bond donors (Lipinski definition) is 1. The minimum atomic E-state index is -0.195. The average molecular weight is 353 g/mol. The number of nitrogens with zero attached hydrogens (tertiary/aromatic N) is 4. The number of amides is 1. The molecule has 1 aliphatic heterocycles. The van der Waals surface area contributed by atoms with Crippen LogP contribution in [-0.2, 0) is 13.0 Å².